The van der Waals surface area contributed by atoms with Gasteiger partial charge in [-0.1, -0.05) is 0 Å². The first kappa shape index (κ1) is 18.7. The van der Waals surface area contributed by atoms with E-state index in [0.29, 0.717) is 0 Å². The van der Waals surface area contributed by atoms with Gasteiger partial charge in [0.1, 0.15) is 11.3 Å². The molecule has 0 aliphatic heterocycles. The summed E-state index contributed by atoms with van der Waals surface area (Å²) < 4.78 is 5.16. The van der Waals surface area contributed by atoms with E-state index < -0.39 is 22.5 Å². The van der Waals surface area contributed by atoms with Gasteiger partial charge in [0.05, 0.1) is 11.5 Å². The number of ether oxygens (including phenoxy) is 1. The van der Waals surface area contributed by atoms with Crippen molar-refractivity contribution >= 4 is 23.3 Å². The number of nitrogens with zero attached hydrogens (tertiary/aromatic N) is 1. The molecule has 26 heavy (non-hydrogen) atoms. The second-order valence-electron chi connectivity index (χ2n) is 5.32. The Kier molecular flexibility index (Phi) is 5.41. The van der Waals surface area contributed by atoms with Gasteiger partial charge in [-0.05, 0) is 43.7 Å². The highest BCUT2D eigenvalue weighted by molar-refractivity contribution is 6.05. The van der Waals surface area contributed by atoms with Gasteiger partial charge in [-0.15, -0.1) is 0 Å². The number of aromatic hydroxyl groups is 1. The Morgan fingerprint density at radius 3 is 2.54 bits per heavy atom. The Labute approximate surface area is 148 Å². The second kappa shape index (κ2) is 7.51. The van der Waals surface area contributed by atoms with Gasteiger partial charge in [-0.25, -0.2) is 4.79 Å². The lowest BCUT2D eigenvalue weighted by Crippen LogP contribution is -2.13. The number of nitro benzene ring substituents is 1. The van der Waals surface area contributed by atoms with Crippen molar-refractivity contribution in [3.63, 3.8) is 0 Å². The highest BCUT2D eigenvalue weighted by atomic mass is 16.6. The van der Waals surface area contributed by atoms with Crippen molar-refractivity contribution < 1.29 is 29.5 Å². The number of rotatable bonds is 6. The second-order valence-corrected chi connectivity index (χ2v) is 5.32. The van der Waals surface area contributed by atoms with E-state index in [1.54, 1.807) is 6.92 Å². The molecule has 2 aromatic carbocycles. The average molecular weight is 360 g/mol. The summed E-state index contributed by atoms with van der Waals surface area (Å²) >= 11 is 0. The maximum atomic E-state index is 12.4. The van der Waals surface area contributed by atoms with Crippen LogP contribution in [0.25, 0.3) is 0 Å². The minimum atomic E-state index is -1.35. The van der Waals surface area contributed by atoms with Crippen molar-refractivity contribution in [2.24, 2.45) is 0 Å². The zero-order valence-electron chi connectivity index (χ0n) is 14.0. The number of nitrogens with one attached hydrogen (secondary N) is 1. The molecule has 0 saturated heterocycles. The molecule has 0 unspecified atom stereocenters. The molecular formula is C17H16N2O7. The SMILES string of the molecule is CCOc1ccc(C(=O)Nc2cc(C)c(O)c(C(=O)O)c2)cc1[N+](=O)[O-]. The normalized spacial score (nSPS) is 10.2. The summed E-state index contributed by atoms with van der Waals surface area (Å²) in [6, 6.07) is 6.25. The molecule has 0 heterocycles. The van der Waals surface area contributed by atoms with Crippen LogP contribution in [0.2, 0.25) is 0 Å². The number of hydrogen-bond donors (Lipinski definition) is 3. The molecule has 0 aliphatic rings. The zero-order chi connectivity index (χ0) is 19.4. The molecule has 0 aromatic heterocycles. The largest absolute Gasteiger partial charge is 0.507 e. The molecule has 2 rings (SSSR count). The number of carbonyl (C=O) groups excluding carboxylic acids is 1. The van der Waals surface area contributed by atoms with Crippen molar-refractivity contribution in [3.05, 3.63) is 57.1 Å². The molecule has 0 aliphatic carbocycles. The number of hydrogen-bond acceptors (Lipinski definition) is 6. The number of nitro groups is 1. The Morgan fingerprint density at radius 1 is 1.27 bits per heavy atom. The molecule has 0 atom stereocenters. The summed E-state index contributed by atoms with van der Waals surface area (Å²) in [5.74, 6) is -2.37. The summed E-state index contributed by atoms with van der Waals surface area (Å²) in [4.78, 5) is 34.0. The average Bonchev–Trinajstić information content (AvgIpc) is 2.58. The molecule has 9 nitrogen and oxygen atoms in total. The lowest BCUT2D eigenvalue weighted by molar-refractivity contribution is -0.385. The van der Waals surface area contributed by atoms with Crippen molar-refractivity contribution in [1.82, 2.24) is 0 Å². The predicted octanol–water partition coefficient (Wildman–Crippen LogP) is 2.96. The van der Waals surface area contributed by atoms with Gasteiger partial charge in [0.25, 0.3) is 5.91 Å². The fraction of sp³-hybridized carbons (Fsp3) is 0.176. The van der Waals surface area contributed by atoms with E-state index in [2.05, 4.69) is 5.32 Å². The lowest BCUT2D eigenvalue weighted by Gasteiger charge is -2.10. The number of phenols is 1. The Bertz CT molecular complexity index is 893. The minimum Gasteiger partial charge on any atom is -0.507 e. The van der Waals surface area contributed by atoms with Crippen LogP contribution < -0.4 is 10.1 Å². The van der Waals surface area contributed by atoms with Gasteiger partial charge < -0.3 is 20.3 Å². The molecule has 3 N–H and O–H groups in total. The van der Waals surface area contributed by atoms with Crippen LogP contribution in [0.1, 0.15) is 33.2 Å². The maximum Gasteiger partial charge on any atom is 0.339 e. The van der Waals surface area contributed by atoms with E-state index in [9.17, 15) is 24.8 Å². The van der Waals surface area contributed by atoms with Gasteiger partial charge in [0, 0.05) is 17.3 Å². The van der Waals surface area contributed by atoms with E-state index in [0.717, 1.165) is 12.1 Å². The van der Waals surface area contributed by atoms with Crippen LogP contribution in [-0.2, 0) is 0 Å². The molecule has 1 amide bonds. The summed E-state index contributed by atoms with van der Waals surface area (Å²) in [6.45, 7) is 3.40. The van der Waals surface area contributed by atoms with Crippen molar-refractivity contribution in [2.75, 3.05) is 11.9 Å². The molecule has 0 saturated carbocycles. The third-order valence-electron chi connectivity index (χ3n) is 3.51. The van der Waals surface area contributed by atoms with E-state index in [-0.39, 0.29) is 40.4 Å². The summed E-state index contributed by atoms with van der Waals surface area (Å²) in [5, 5.41) is 32.4. The third-order valence-corrected chi connectivity index (χ3v) is 3.51. The Morgan fingerprint density at radius 2 is 1.96 bits per heavy atom. The van der Waals surface area contributed by atoms with Gasteiger partial charge >= 0.3 is 11.7 Å². The number of carboxylic acids is 1. The maximum absolute atomic E-state index is 12.4. The van der Waals surface area contributed by atoms with Crippen molar-refractivity contribution in [1.29, 1.82) is 0 Å². The van der Waals surface area contributed by atoms with Crippen LogP contribution in [0.3, 0.4) is 0 Å². The smallest absolute Gasteiger partial charge is 0.339 e. The van der Waals surface area contributed by atoms with Crippen LogP contribution in [0.5, 0.6) is 11.5 Å². The molecule has 0 spiro atoms. The van der Waals surface area contributed by atoms with Crippen LogP contribution in [0, 0.1) is 17.0 Å². The number of carboxylic acid groups (broad SMARTS) is 1. The number of anilines is 1. The van der Waals surface area contributed by atoms with E-state index in [1.165, 1.54) is 25.1 Å². The van der Waals surface area contributed by atoms with E-state index >= 15 is 0 Å². The van der Waals surface area contributed by atoms with Crippen LogP contribution in [0.4, 0.5) is 11.4 Å². The fourth-order valence-electron chi connectivity index (χ4n) is 2.30. The highest BCUT2D eigenvalue weighted by Gasteiger charge is 2.20. The third kappa shape index (κ3) is 3.89. The van der Waals surface area contributed by atoms with Gasteiger partial charge in [-0.2, -0.15) is 0 Å². The molecule has 0 bridgehead atoms. The van der Waals surface area contributed by atoms with Gasteiger partial charge in [0.15, 0.2) is 5.75 Å². The van der Waals surface area contributed by atoms with Crippen LogP contribution in [-0.4, -0.2) is 33.6 Å². The lowest BCUT2D eigenvalue weighted by atomic mass is 10.1. The standard InChI is InChI=1S/C17H16N2O7/c1-3-26-14-5-4-10(7-13(14)19(24)25)16(21)18-11-6-9(2)15(20)12(8-11)17(22)23/h4-8,20H,3H2,1-2H3,(H,18,21)(H,22,23). The molecule has 0 fully saturated rings. The van der Waals surface area contributed by atoms with Crippen molar-refractivity contribution in [2.45, 2.75) is 13.8 Å². The Hall–Kier alpha value is -3.62. The van der Waals surface area contributed by atoms with Crippen molar-refractivity contribution in [3.8, 4) is 11.5 Å². The summed E-state index contributed by atoms with van der Waals surface area (Å²) in [7, 11) is 0. The van der Waals surface area contributed by atoms with Gasteiger partial charge in [0.2, 0.25) is 0 Å². The van der Waals surface area contributed by atoms with Crippen LogP contribution in [0.15, 0.2) is 30.3 Å². The first-order valence-electron chi connectivity index (χ1n) is 7.54. The number of amides is 1. The zero-order valence-corrected chi connectivity index (χ0v) is 14.0. The number of benzene rings is 2. The first-order valence-corrected chi connectivity index (χ1v) is 7.54. The summed E-state index contributed by atoms with van der Waals surface area (Å²) in [5.41, 5.74) is -0.314. The molecule has 0 radical (unpaired) electrons. The number of aryl methyl sites for hydroxylation is 1. The van der Waals surface area contributed by atoms with E-state index in [4.69, 9.17) is 9.84 Å². The number of carbonyl (C=O) groups is 2. The van der Waals surface area contributed by atoms with Crippen LogP contribution >= 0.6 is 0 Å². The monoisotopic (exact) mass is 360 g/mol. The summed E-state index contributed by atoms with van der Waals surface area (Å²) in [6.07, 6.45) is 0. The first-order chi connectivity index (χ1) is 12.2. The molecule has 2 aromatic rings. The minimum absolute atomic E-state index is 0.00255. The van der Waals surface area contributed by atoms with Gasteiger partial charge in [-0.3, -0.25) is 14.9 Å². The topological polar surface area (TPSA) is 139 Å². The molecular weight excluding hydrogens is 344 g/mol. The molecule has 136 valence electrons. The number of aromatic carboxylic acids is 1. The molecule has 9 heteroatoms. The van der Waals surface area contributed by atoms with E-state index in [1.807, 2.05) is 0 Å². The quantitative estimate of drug-likeness (QED) is 0.409. The highest BCUT2D eigenvalue weighted by Crippen LogP contribution is 2.29. The Balaban J connectivity index is 2.35. The fourth-order valence-corrected chi connectivity index (χ4v) is 2.30. The predicted molar refractivity (Wildman–Crippen MR) is 92.0 cm³/mol.